The van der Waals surface area contributed by atoms with Gasteiger partial charge in [0, 0.05) is 68.9 Å². The lowest BCUT2D eigenvalue weighted by atomic mass is 9.83. The van der Waals surface area contributed by atoms with E-state index in [-0.39, 0.29) is 29.7 Å². The van der Waals surface area contributed by atoms with Gasteiger partial charge in [0.25, 0.3) is 17.4 Å². The predicted molar refractivity (Wildman–Crippen MR) is 167 cm³/mol. The Balaban J connectivity index is 0.990. The number of nitrogens with zero attached hydrogens (tertiary/aromatic N) is 4. The number of anilines is 1. The minimum atomic E-state index is -0.641. The van der Waals surface area contributed by atoms with Crippen LogP contribution in [0, 0.1) is 5.92 Å². The van der Waals surface area contributed by atoms with Gasteiger partial charge in [0.15, 0.2) is 11.5 Å². The van der Waals surface area contributed by atoms with E-state index >= 15 is 0 Å². The smallest absolute Gasteiger partial charge is 0.264 e. The monoisotopic (exact) mass is 611 g/mol. The molecule has 234 valence electrons. The number of piperidine rings is 1. The average molecular weight is 612 g/mol. The number of hydrogen-bond donors (Lipinski definition) is 1. The lowest BCUT2D eigenvalue weighted by Gasteiger charge is -2.42. The summed E-state index contributed by atoms with van der Waals surface area (Å²) in [6, 6.07) is 16.2. The zero-order valence-corrected chi connectivity index (χ0v) is 25.5. The third-order valence-electron chi connectivity index (χ3n) is 9.59. The fourth-order valence-electron chi connectivity index (χ4n) is 7.68. The Hall–Kier alpha value is -4.64. The highest BCUT2D eigenvalue weighted by Gasteiger charge is 2.49. The molecule has 1 N–H and O–H groups in total. The van der Waals surface area contributed by atoms with Crippen molar-refractivity contribution in [2.24, 2.45) is 5.92 Å². The van der Waals surface area contributed by atoms with Crippen LogP contribution >= 0.6 is 0 Å². The Bertz CT molecular complexity index is 1740. The second kappa shape index (κ2) is 11.7. The Morgan fingerprint density at radius 3 is 2.58 bits per heavy atom. The van der Waals surface area contributed by atoms with Gasteiger partial charge in [-0.1, -0.05) is 24.3 Å². The Morgan fingerprint density at radius 1 is 0.911 bits per heavy atom. The Kier molecular flexibility index (Phi) is 7.56. The number of rotatable bonds is 9. The largest absolute Gasteiger partial charge is 0.493 e. The van der Waals surface area contributed by atoms with Crippen molar-refractivity contribution in [2.45, 2.75) is 37.9 Å². The molecule has 45 heavy (non-hydrogen) atoms. The van der Waals surface area contributed by atoms with E-state index in [1.54, 1.807) is 40.1 Å². The minimum Gasteiger partial charge on any atom is -0.493 e. The van der Waals surface area contributed by atoms with Crippen LogP contribution in [-0.2, 0) is 11.3 Å². The first-order valence-electron chi connectivity index (χ1n) is 15.6. The first kappa shape index (κ1) is 29.1. The van der Waals surface area contributed by atoms with Gasteiger partial charge < -0.3 is 29.2 Å². The normalized spacial score (nSPS) is 21.5. The SMILES string of the molecule is COc1ccc2c(c1OC)C(=O)N1c3ccccc3C(=O)N(CCCC(=O)NCCN3C[C@H]4C[C@@H](C3)c3cccc(=O)n3C4)C21. The van der Waals surface area contributed by atoms with Crippen LogP contribution in [-0.4, -0.2) is 79.0 Å². The summed E-state index contributed by atoms with van der Waals surface area (Å²) in [6.07, 6.45) is 1.16. The number of carbonyl (C=O) groups excluding carboxylic acids is 3. The quantitative estimate of drug-likeness (QED) is 0.396. The van der Waals surface area contributed by atoms with Crippen LogP contribution in [0.1, 0.15) is 63.3 Å². The number of pyridine rings is 1. The summed E-state index contributed by atoms with van der Waals surface area (Å²) in [5.74, 6) is 1.05. The maximum Gasteiger partial charge on any atom is 0.264 e. The molecule has 11 nitrogen and oxygen atoms in total. The number of hydrogen-bond acceptors (Lipinski definition) is 7. The lowest BCUT2D eigenvalue weighted by molar-refractivity contribution is -0.121. The molecule has 3 aromatic rings. The summed E-state index contributed by atoms with van der Waals surface area (Å²) in [5, 5.41) is 3.05. The van der Waals surface area contributed by atoms with Crippen LogP contribution < -0.4 is 25.2 Å². The summed E-state index contributed by atoms with van der Waals surface area (Å²) in [6.45, 7) is 4.14. The summed E-state index contributed by atoms with van der Waals surface area (Å²) >= 11 is 0. The molecule has 4 aliphatic heterocycles. The molecule has 1 fully saturated rings. The number of fused-ring (bicyclic) bond motifs is 9. The first-order chi connectivity index (χ1) is 21.9. The summed E-state index contributed by atoms with van der Waals surface area (Å²) in [7, 11) is 3.02. The maximum atomic E-state index is 13.8. The number of nitrogens with one attached hydrogen (secondary N) is 1. The zero-order valence-electron chi connectivity index (χ0n) is 25.5. The molecule has 0 radical (unpaired) electrons. The van der Waals surface area contributed by atoms with Crippen LogP contribution in [0.15, 0.2) is 59.4 Å². The predicted octanol–water partition coefficient (Wildman–Crippen LogP) is 3.00. The summed E-state index contributed by atoms with van der Waals surface area (Å²) in [5.41, 5.74) is 3.25. The number of ether oxygens (including phenoxy) is 2. The van der Waals surface area contributed by atoms with Crippen LogP contribution in [0.2, 0.25) is 0 Å². The molecule has 0 aliphatic carbocycles. The Morgan fingerprint density at radius 2 is 1.76 bits per heavy atom. The number of aromatic nitrogens is 1. The molecule has 1 saturated heterocycles. The lowest BCUT2D eigenvalue weighted by Crippen LogP contribution is -2.49. The van der Waals surface area contributed by atoms with Crippen molar-refractivity contribution in [3.63, 3.8) is 0 Å². The Labute approximate surface area is 261 Å². The molecule has 3 atom stereocenters. The molecule has 3 amide bonds. The van der Waals surface area contributed by atoms with Gasteiger partial charge >= 0.3 is 0 Å². The molecule has 2 aromatic carbocycles. The van der Waals surface area contributed by atoms with E-state index in [0.717, 1.165) is 38.3 Å². The summed E-state index contributed by atoms with van der Waals surface area (Å²) in [4.78, 5) is 58.5. The molecule has 5 heterocycles. The molecule has 11 heteroatoms. The van der Waals surface area contributed by atoms with Gasteiger partial charge in [-0.15, -0.1) is 0 Å². The minimum absolute atomic E-state index is 0.0693. The van der Waals surface area contributed by atoms with E-state index in [0.29, 0.717) is 65.2 Å². The maximum absolute atomic E-state index is 13.8. The van der Waals surface area contributed by atoms with Crippen LogP contribution in [0.4, 0.5) is 5.69 Å². The van der Waals surface area contributed by atoms with Crippen molar-refractivity contribution in [2.75, 3.05) is 51.8 Å². The van der Waals surface area contributed by atoms with Gasteiger partial charge in [-0.3, -0.25) is 24.1 Å². The van der Waals surface area contributed by atoms with E-state index in [2.05, 4.69) is 16.3 Å². The molecule has 7 rings (SSSR count). The fourth-order valence-corrected chi connectivity index (χ4v) is 7.68. The molecular weight excluding hydrogens is 574 g/mol. The molecule has 0 spiro atoms. The average Bonchev–Trinajstić information content (AvgIpc) is 3.34. The highest BCUT2D eigenvalue weighted by atomic mass is 16.5. The van der Waals surface area contributed by atoms with Crippen molar-refractivity contribution in [3.05, 3.63) is 87.3 Å². The van der Waals surface area contributed by atoms with Crippen LogP contribution in [0.5, 0.6) is 11.5 Å². The van der Waals surface area contributed by atoms with E-state index in [9.17, 15) is 19.2 Å². The molecular formula is C34H37N5O6. The fraction of sp³-hybridized carbons (Fsp3) is 0.412. The first-order valence-corrected chi connectivity index (χ1v) is 15.6. The van der Waals surface area contributed by atoms with Gasteiger partial charge in [0.2, 0.25) is 5.91 Å². The third kappa shape index (κ3) is 4.95. The molecule has 2 bridgehead atoms. The molecule has 4 aliphatic rings. The van der Waals surface area contributed by atoms with Gasteiger partial charge in [-0.05, 0) is 43.0 Å². The van der Waals surface area contributed by atoms with Gasteiger partial charge in [-0.2, -0.15) is 0 Å². The molecule has 1 unspecified atom stereocenters. The second-order valence-corrected chi connectivity index (χ2v) is 12.2. The van der Waals surface area contributed by atoms with Crippen LogP contribution in [0.3, 0.4) is 0 Å². The van der Waals surface area contributed by atoms with Crippen molar-refractivity contribution >= 4 is 23.4 Å². The number of para-hydroxylation sites is 1. The van der Waals surface area contributed by atoms with Gasteiger partial charge in [-0.25, -0.2) is 0 Å². The van der Waals surface area contributed by atoms with Crippen molar-refractivity contribution < 1.29 is 23.9 Å². The van der Waals surface area contributed by atoms with Crippen molar-refractivity contribution in [1.29, 1.82) is 0 Å². The van der Waals surface area contributed by atoms with Gasteiger partial charge in [0.1, 0.15) is 6.17 Å². The highest BCUT2D eigenvalue weighted by molar-refractivity contribution is 6.18. The highest BCUT2D eigenvalue weighted by Crippen LogP contribution is 2.49. The topological polar surface area (TPSA) is 113 Å². The summed E-state index contributed by atoms with van der Waals surface area (Å²) < 4.78 is 13.0. The molecule has 0 saturated carbocycles. The third-order valence-corrected chi connectivity index (χ3v) is 9.59. The number of carbonyl (C=O) groups is 3. The van der Waals surface area contributed by atoms with Crippen LogP contribution in [0.25, 0.3) is 0 Å². The van der Waals surface area contributed by atoms with E-state index in [1.807, 2.05) is 22.8 Å². The zero-order chi connectivity index (χ0) is 31.2. The number of amides is 3. The number of methoxy groups -OCH3 is 2. The van der Waals surface area contributed by atoms with Crippen molar-refractivity contribution in [1.82, 2.24) is 19.7 Å². The number of benzene rings is 2. The molecule has 1 aromatic heterocycles. The van der Waals surface area contributed by atoms with Crippen molar-refractivity contribution in [3.8, 4) is 11.5 Å². The van der Waals surface area contributed by atoms with E-state index in [1.165, 1.54) is 14.2 Å². The van der Waals surface area contributed by atoms with Gasteiger partial charge in [0.05, 0.1) is 31.0 Å². The number of likely N-dealkylation sites (tertiary alicyclic amines) is 1. The van der Waals surface area contributed by atoms with E-state index in [4.69, 9.17) is 9.47 Å². The van der Waals surface area contributed by atoms with E-state index < -0.39 is 6.17 Å². The standard InChI is InChI=1S/C34H37N5O6/c1-44-27-13-12-24-30(31(27)45-2)34(43)39-26-8-4-3-7-23(26)33(42)37(32(24)39)15-6-10-28(40)35-14-16-36-18-21-17-22(20-36)25-9-5-11-29(41)38(25)19-21/h3-5,7-9,11-13,21-22,32H,6,10,14-20H2,1-2H3,(H,35,40)/t21-,22+,32?/m1/s1. The second-order valence-electron chi connectivity index (χ2n) is 12.2.